The smallest absolute Gasteiger partial charge is 0.244 e. The molecule has 1 saturated heterocycles. The zero-order valence-electron chi connectivity index (χ0n) is 23.4. The third-order valence-electron chi connectivity index (χ3n) is 8.25. The molecule has 42 heavy (non-hydrogen) atoms. The molecule has 4 heterocycles. The Hall–Kier alpha value is -2.96. The molecule has 1 aromatic carbocycles. The Morgan fingerprint density at radius 1 is 1.05 bits per heavy atom. The summed E-state index contributed by atoms with van der Waals surface area (Å²) in [6.45, 7) is 2.03. The summed E-state index contributed by atoms with van der Waals surface area (Å²) in [5.74, 6) is -0.650. The number of amides is 1. The zero-order chi connectivity index (χ0) is 29.3. The van der Waals surface area contributed by atoms with E-state index >= 15 is 0 Å². The Balaban J connectivity index is 1.33. The maximum Gasteiger partial charge on any atom is 0.244 e. The van der Waals surface area contributed by atoms with Crippen molar-refractivity contribution in [3.63, 3.8) is 0 Å². The molecule has 1 aliphatic heterocycles. The largest absolute Gasteiger partial charge is 0.304 e. The molecule has 1 aliphatic carbocycles. The number of benzene rings is 1. The molecule has 1 saturated carbocycles. The number of carbonyl (C=O) groups excluding carboxylic acids is 1. The molecule has 0 spiro atoms. The summed E-state index contributed by atoms with van der Waals surface area (Å²) < 4.78 is 29.5. The van der Waals surface area contributed by atoms with E-state index < -0.39 is 15.9 Å². The number of aromatic nitrogens is 3. The van der Waals surface area contributed by atoms with Crippen molar-refractivity contribution < 1.29 is 13.2 Å². The second-order valence-electron chi connectivity index (χ2n) is 11.1. The van der Waals surface area contributed by atoms with Crippen LogP contribution in [0.4, 0.5) is 5.13 Å². The first-order chi connectivity index (χ1) is 20.3. The fourth-order valence-electron chi connectivity index (χ4n) is 5.93. The van der Waals surface area contributed by atoms with E-state index in [9.17, 15) is 13.2 Å². The number of hydrogen-bond acceptors (Lipinski definition) is 8. The number of hydrogen-bond donors (Lipinski definition) is 1. The van der Waals surface area contributed by atoms with Gasteiger partial charge in [-0.25, -0.2) is 18.4 Å². The average molecular weight is 625 g/mol. The van der Waals surface area contributed by atoms with Gasteiger partial charge in [0.05, 0.1) is 16.6 Å². The predicted molar refractivity (Wildman–Crippen MR) is 166 cm³/mol. The van der Waals surface area contributed by atoms with Crippen molar-refractivity contribution in [2.45, 2.75) is 42.9 Å². The van der Waals surface area contributed by atoms with E-state index in [0.717, 1.165) is 36.9 Å². The van der Waals surface area contributed by atoms with Crippen LogP contribution in [0.1, 0.15) is 43.6 Å². The predicted octanol–water partition coefficient (Wildman–Crippen LogP) is 5.65. The third kappa shape index (κ3) is 6.07. The molecule has 6 rings (SSSR count). The van der Waals surface area contributed by atoms with Gasteiger partial charge in [-0.2, -0.15) is 4.31 Å². The molecule has 2 aliphatic rings. The molecule has 1 atom stereocenters. The van der Waals surface area contributed by atoms with Crippen LogP contribution in [0.2, 0.25) is 5.02 Å². The topological polar surface area (TPSA) is 108 Å². The van der Waals surface area contributed by atoms with Crippen molar-refractivity contribution >= 4 is 54.3 Å². The summed E-state index contributed by atoms with van der Waals surface area (Å²) in [5, 5.41) is 3.58. The van der Waals surface area contributed by atoms with Gasteiger partial charge in [0.15, 0.2) is 5.13 Å². The highest BCUT2D eigenvalue weighted by atomic mass is 35.5. The van der Waals surface area contributed by atoms with Gasteiger partial charge in [0.1, 0.15) is 15.2 Å². The number of halogens is 1. The maximum absolute atomic E-state index is 14.0. The van der Waals surface area contributed by atoms with Crippen LogP contribution in [0.15, 0.2) is 59.8 Å². The fraction of sp³-hybridized carbons (Fsp3) is 0.400. The number of rotatable bonds is 8. The second-order valence-corrected chi connectivity index (χ2v) is 14.3. The van der Waals surface area contributed by atoms with Crippen LogP contribution in [-0.2, 0) is 14.8 Å². The van der Waals surface area contributed by atoms with E-state index in [4.69, 9.17) is 16.6 Å². The highest BCUT2D eigenvalue weighted by Crippen LogP contribution is 2.40. The third-order valence-corrected chi connectivity index (χ3v) is 11.6. The van der Waals surface area contributed by atoms with E-state index in [-0.39, 0.29) is 15.8 Å². The number of likely N-dealkylation sites (N-methyl/N-ethyl adjacent to an activating group) is 1. The van der Waals surface area contributed by atoms with E-state index in [1.807, 2.05) is 31.3 Å². The number of nitrogens with zero attached hydrogens (tertiary/aromatic N) is 5. The number of nitrogens with one attached hydrogen (secondary N) is 1. The summed E-state index contributed by atoms with van der Waals surface area (Å²) >= 11 is 7.93. The monoisotopic (exact) mass is 624 g/mol. The van der Waals surface area contributed by atoms with Crippen LogP contribution in [0.3, 0.4) is 0 Å². The summed E-state index contributed by atoms with van der Waals surface area (Å²) in [7, 11) is -1.94. The van der Waals surface area contributed by atoms with Gasteiger partial charge in [-0.15, -0.1) is 0 Å². The minimum atomic E-state index is -3.92. The number of pyridine rings is 2. The highest BCUT2D eigenvalue weighted by molar-refractivity contribution is 7.89. The van der Waals surface area contributed by atoms with Gasteiger partial charge < -0.3 is 10.2 Å². The van der Waals surface area contributed by atoms with Crippen LogP contribution in [-0.4, -0.2) is 71.7 Å². The quantitative estimate of drug-likeness (QED) is 0.270. The number of thiazole rings is 1. The molecule has 4 aromatic rings. The van der Waals surface area contributed by atoms with Crippen LogP contribution >= 0.6 is 22.9 Å². The van der Waals surface area contributed by atoms with Crippen molar-refractivity contribution in [1.82, 2.24) is 24.2 Å². The van der Waals surface area contributed by atoms with Crippen LogP contribution in [0.5, 0.6) is 0 Å². The minimum Gasteiger partial charge on any atom is -0.304 e. The Labute approximate surface area is 255 Å². The van der Waals surface area contributed by atoms with E-state index in [1.165, 1.54) is 15.6 Å². The zero-order valence-corrected chi connectivity index (χ0v) is 25.8. The maximum atomic E-state index is 14.0. The van der Waals surface area contributed by atoms with E-state index in [0.29, 0.717) is 59.6 Å². The molecule has 220 valence electrons. The van der Waals surface area contributed by atoms with Crippen molar-refractivity contribution in [3.05, 3.63) is 65.4 Å². The lowest BCUT2D eigenvalue weighted by Gasteiger charge is -2.33. The number of piperazine rings is 1. The lowest BCUT2D eigenvalue weighted by molar-refractivity contribution is -0.118. The molecule has 3 aromatic heterocycles. The first-order valence-electron chi connectivity index (χ1n) is 14.3. The summed E-state index contributed by atoms with van der Waals surface area (Å²) in [5.41, 5.74) is 2.87. The van der Waals surface area contributed by atoms with Gasteiger partial charge >= 0.3 is 0 Å². The van der Waals surface area contributed by atoms with Gasteiger partial charge in [0.25, 0.3) is 0 Å². The number of anilines is 1. The summed E-state index contributed by atoms with van der Waals surface area (Å²) in [6.07, 6.45) is 8.26. The van der Waals surface area contributed by atoms with Gasteiger partial charge in [-0.3, -0.25) is 9.78 Å². The van der Waals surface area contributed by atoms with Crippen LogP contribution in [0, 0.1) is 5.92 Å². The Bertz CT molecular complexity index is 1680. The molecule has 1 N–H and O–H groups in total. The van der Waals surface area contributed by atoms with Gasteiger partial charge in [0.2, 0.25) is 15.9 Å². The van der Waals surface area contributed by atoms with Crippen molar-refractivity contribution in [2.24, 2.45) is 5.92 Å². The Morgan fingerprint density at radius 2 is 1.79 bits per heavy atom. The molecule has 0 radical (unpaired) electrons. The second kappa shape index (κ2) is 12.3. The molecule has 0 bridgehead atoms. The van der Waals surface area contributed by atoms with E-state index in [1.54, 1.807) is 30.6 Å². The Morgan fingerprint density at radius 3 is 2.52 bits per heavy atom. The minimum absolute atomic E-state index is 0.0438. The standard InChI is InChI=1S/C30H33ClN6O3S2/c1-36-15-17-37(18-16-36)42(39,40)27-22(7-4-8-24(27)31)23(19-20-5-2-3-6-20)28(38)35-30-34-26-10-9-25(33-29(26)41-30)21-11-13-32-14-12-21/h4,7-14,20,23H,2-3,5-6,15-19H2,1H3,(H,34,35,38)/t23-/m1/s1. The van der Waals surface area contributed by atoms with E-state index in [2.05, 4.69) is 20.2 Å². The lowest BCUT2D eigenvalue weighted by Crippen LogP contribution is -2.47. The van der Waals surface area contributed by atoms with Crippen LogP contribution in [0.25, 0.3) is 21.6 Å². The van der Waals surface area contributed by atoms with Gasteiger partial charge in [-0.05, 0) is 55.3 Å². The number of sulfonamides is 1. The Kier molecular flexibility index (Phi) is 8.56. The SMILES string of the molecule is CN1CCN(S(=O)(=O)c2c(Cl)cccc2[C@@H](CC2CCCC2)C(=O)Nc2nc3ccc(-c4ccncc4)nc3s2)CC1. The lowest BCUT2D eigenvalue weighted by atomic mass is 9.87. The molecule has 2 fully saturated rings. The fourth-order valence-corrected chi connectivity index (χ4v) is 8.97. The summed E-state index contributed by atoms with van der Waals surface area (Å²) in [4.78, 5) is 30.3. The van der Waals surface area contributed by atoms with Gasteiger partial charge in [0, 0.05) is 44.1 Å². The summed E-state index contributed by atoms with van der Waals surface area (Å²) in [6, 6.07) is 12.6. The van der Waals surface area contributed by atoms with Crippen molar-refractivity contribution in [1.29, 1.82) is 0 Å². The molecular weight excluding hydrogens is 592 g/mol. The molecule has 9 nitrogen and oxygen atoms in total. The molecule has 1 amide bonds. The van der Waals surface area contributed by atoms with Crippen molar-refractivity contribution in [3.8, 4) is 11.3 Å². The first-order valence-corrected chi connectivity index (χ1v) is 16.9. The normalized spacial score (nSPS) is 18.0. The first kappa shape index (κ1) is 29.1. The van der Waals surface area contributed by atoms with Crippen molar-refractivity contribution in [2.75, 3.05) is 38.5 Å². The molecule has 0 unspecified atom stereocenters. The average Bonchev–Trinajstić information content (AvgIpc) is 3.65. The number of fused-ring (bicyclic) bond motifs is 1. The highest BCUT2D eigenvalue weighted by Gasteiger charge is 2.36. The molecular formula is C30H33ClN6O3S2. The van der Waals surface area contributed by atoms with Gasteiger partial charge in [-0.1, -0.05) is 60.8 Å². The molecule has 12 heteroatoms. The number of carbonyl (C=O) groups is 1. The van der Waals surface area contributed by atoms with Crippen LogP contribution < -0.4 is 5.32 Å².